The van der Waals surface area contributed by atoms with Crippen molar-refractivity contribution in [2.24, 2.45) is 0 Å². The molecule has 0 saturated carbocycles. The summed E-state index contributed by atoms with van der Waals surface area (Å²) in [6, 6.07) is 6.01. The van der Waals surface area contributed by atoms with E-state index in [9.17, 15) is 4.79 Å². The average Bonchev–Trinajstić information content (AvgIpc) is 2.90. The summed E-state index contributed by atoms with van der Waals surface area (Å²) in [5.74, 6) is 0.411. The molecule has 0 radical (unpaired) electrons. The Morgan fingerprint density at radius 1 is 1.33 bits per heavy atom. The molecule has 2 saturated heterocycles. The van der Waals surface area contributed by atoms with Gasteiger partial charge < -0.3 is 15.8 Å². The van der Waals surface area contributed by atoms with Crippen LogP contribution in [0.5, 0.6) is 5.75 Å². The number of carbonyl (C=O) groups is 1. The minimum atomic E-state index is -0.123. The van der Waals surface area contributed by atoms with E-state index in [1.54, 1.807) is 25.3 Å². The van der Waals surface area contributed by atoms with Crippen LogP contribution in [0.15, 0.2) is 18.2 Å². The molecular weight excluding hydrogens is 266 g/mol. The Kier molecular flexibility index (Phi) is 4.01. The van der Waals surface area contributed by atoms with E-state index < -0.39 is 0 Å². The molecule has 0 bridgehead atoms. The van der Waals surface area contributed by atoms with Gasteiger partial charge in [0.2, 0.25) is 0 Å². The number of nitrogen functional groups attached to an aromatic ring is 1. The molecule has 0 aromatic heterocycles. The van der Waals surface area contributed by atoms with Crippen LogP contribution in [0.25, 0.3) is 0 Å². The Morgan fingerprint density at radius 2 is 2.19 bits per heavy atom. The lowest BCUT2D eigenvalue weighted by Gasteiger charge is -2.32. The first-order valence-corrected chi connectivity index (χ1v) is 7.68. The van der Waals surface area contributed by atoms with Crippen LogP contribution in [0.4, 0.5) is 5.69 Å². The normalized spacial score (nSPS) is 25.4. The summed E-state index contributed by atoms with van der Waals surface area (Å²) in [6.45, 7) is 2.24. The van der Waals surface area contributed by atoms with Gasteiger partial charge in [-0.05, 0) is 37.9 Å². The summed E-state index contributed by atoms with van der Waals surface area (Å²) in [5.41, 5.74) is 6.87. The van der Waals surface area contributed by atoms with E-state index in [1.165, 1.54) is 19.3 Å². The second-order valence-corrected chi connectivity index (χ2v) is 5.89. The van der Waals surface area contributed by atoms with Crippen LogP contribution in [0.2, 0.25) is 0 Å². The summed E-state index contributed by atoms with van der Waals surface area (Å²) in [7, 11) is 1.56. The lowest BCUT2D eigenvalue weighted by atomic mass is 9.98. The van der Waals surface area contributed by atoms with E-state index in [4.69, 9.17) is 10.5 Å². The summed E-state index contributed by atoms with van der Waals surface area (Å²) in [6.07, 6.45) is 4.72. The Balaban J connectivity index is 1.75. The largest absolute Gasteiger partial charge is 0.496 e. The minimum Gasteiger partial charge on any atom is -0.496 e. The van der Waals surface area contributed by atoms with Gasteiger partial charge in [-0.3, -0.25) is 9.69 Å². The van der Waals surface area contributed by atoms with Crippen LogP contribution in [0, 0.1) is 0 Å². The van der Waals surface area contributed by atoms with Crippen LogP contribution in [0.1, 0.15) is 36.0 Å². The predicted octanol–water partition coefficient (Wildman–Crippen LogP) is 1.63. The highest BCUT2D eigenvalue weighted by Gasteiger charge is 2.36. The van der Waals surface area contributed by atoms with E-state index in [-0.39, 0.29) is 11.9 Å². The molecule has 1 aromatic rings. The van der Waals surface area contributed by atoms with E-state index in [1.807, 2.05) is 0 Å². The maximum absolute atomic E-state index is 12.6. The number of nitrogens with two attached hydrogens (primary N) is 1. The van der Waals surface area contributed by atoms with Gasteiger partial charge in [0.25, 0.3) is 5.91 Å². The van der Waals surface area contributed by atoms with Crippen molar-refractivity contribution in [3.05, 3.63) is 23.8 Å². The number of methoxy groups -OCH3 is 1. The summed E-state index contributed by atoms with van der Waals surface area (Å²) < 4.78 is 5.27. The third kappa shape index (κ3) is 2.70. The van der Waals surface area contributed by atoms with Crippen molar-refractivity contribution in [2.45, 2.75) is 37.8 Å². The zero-order valence-electron chi connectivity index (χ0n) is 12.5. The molecule has 0 aliphatic carbocycles. The van der Waals surface area contributed by atoms with Gasteiger partial charge in [-0.15, -0.1) is 0 Å². The Labute approximate surface area is 125 Å². The average molecular weight is 289 g/mol. The van der Waals surface area contributed by atoms with Crippen molar-refractivity contribution >= 4 is 11.6 Å². The van der Waals surface area contributed by atoms with Crippen LogP contribution in [0.3, 0.4) is 0 Å². The quantitative estimate of drug-likeness (QED) is 0.830. The number of benzene rings is 1. The van der Waals surface area contributed by atoms with Crippen molar-refractivity contribution in [1.29, 1.82) is 0 Å². The molecule has 0 spiro atoms. The molecule has 2 aliphatic heterocycles. The number of hydrogen-bond donors (Lipinski definition) is 2. The number of fused-ring (bicyclic) bond motifs is 1. The van der Waals surface area contributed by atoms with Crippen molar-refractivity contribution in [3.8, 4) is 5.75 Å². The van der Waals surface area contributed by atoms with Gasteiger partial charge >= 0.3 is 0 Å². The van der Waals surface area contributed by atoms with Gasteiger partial charge in [0.05, 0.1) is 7.11 Å². The number of nitrogens with one attached hydrogen (secondary N) is 1. The monoisotopic (exact) mass is 289 g/mol. The molecule has 5 heteroatoms. The lowest BCUT2D eigenvalue weighted by Crippen LogP contribution is -2.46. The van der Waals surface area contributed by atoms with E-state index in [2.05, 4.69) is 10.2 Å². The number of anilines is 1. The molecule has 2 fully saturated rings. The Morgan fingerprint density at radius 3 is 3.00 bits per heavy atom. The van der Waals surface area contributed by atoms with Crippen molar-refractivity contribution in [3.63, 3.8) is 0 Å². The third-order valence-corrected chi connectivity index (χ3v) is 4.68. The number of rotatable bonds is 3. The number of nitrogens with zero attached hydrogens (tertiary/aromatic N) is 1. The van der Waals surface area contributed by atoms with Crippen LogP contribution in [-0.2, 0) is 0 Å². The van der Waals surface area contributed by atoms with E-state index >= 15 is 0 Å². The number of carbonyl (C=O) groups excluding carboxylic acids is 1. The third-order valence-electron chi connectivity index (χ3n) is 4.68. The van der Waals surface area contributed by atoms with E-state index in [0.29, 0.717) is 23.0 Å². The van der Waals surface area contributed by atoms with Gasteiger partial charge in [-0.25, -0.2) is 0 Å². The van der Waals surface area contributed by atoms with Gasteiger partial charge in [-0.1, -0.05) is 12.5 Å². The van der Waals surface area contributed by atoms with Gasteiger partial charge in [0, 0.05) is 24.3 Å². The molecule has 1 amide bonds. The van der Waals surface area contributed by atoms with Crippen molar-refractivity contribution in [2.75, 3.05) is 25.9 Å². The fourth-order valence-corrected chi connectivity index (χ4v) is 3.62. The molecule has 21 heavy (non-hydrogen) atoms. The van der Waals surface area contributed by atoms with Gasteiger partial charge in [0.1, 0.15) is 11.3 Å². The summed E-state index contributed by atoms with van der Waals surface area (Å²) >= 11 is 0. The highest BCUT2D eigenvalue weighted by Crippen LogP contribution is 2.29. The van der Waals surface area contributed by atoms with Gasteiger partial charge in [-0.2, -0.15) is 0 Å². The van der Waals surface area contributed by atoms with Crippen LogP contribution < -0.4 is 15.8 Å². The molecule has 2 unspecified atom stereocenters. The molecule has 2 atom stereocenters. The zero-order chi connectivity index (χ0) is 14.8. The first kappa shape index (κ1) is 14.2. The first-order chi connectivity index (χ1) is 10.2. The van der Waals surface area contributed by atoms with Crippen molar-refractivity contribution in [1.82, 2.24) is 10.2 Å². The topological polar surface area (TPSA) is 67.6 Å². The first-order valence-electron chi connectivity index (χ1n) is 7.68. The molecule has 3 rings (SSSR count). The minimum absolute atomic E-state index is 0.123. The molecule has 2 aliphatic rings. The molecular formula is C16H23N3O2. The van der Waals surface area contributed by atoms with E-state index in [0.717, 1.165) is 19.5 Å². The molecule has 1 aromatic carbocycles. The Hall–Kier alpha value is -1.75. The van der Waals surface area contributed by atoms with Crippen molar-refractivity contribution < 1.29 is 9.53 Å². The van der Waals surface area contributed by atoms with Gasteiger partial charge in [0.15, 0.2) is 0 Å². The summed E-state index contributed by atoms with van der Waals surface area (Å²) in [5, 5.41) is 3.17. The second-order valence-electron chi connectivity index (χ2n) is 5.89. The smallest absolute Gasteiger partial charge is 0.257 e. The maximum atomic E-state index is 12.6. The zero-order valence-corrected chi connectivity index (χ0v) is 12.5. The summed E-state index contributed by atoms with van der Waals surface area (Å²) in [4.78, 5) is 15.1. The SMILES string of the molecule is COc1cccc(N)c1C(=O)NC1CCN2CCCCC12. The number of piperidine rings is 1. The molecule has 2 heterocycles. The molecule has 114 valence electrons. The highest BCUT2D eigenvalue weighted by atomic mass is 16.5. The number of amides is 1. The lowest BCUT2D eigenvalue weighted by molar-refractivity contribution is 0.0913. The van der Waals surface area contributed by atoms with Crippen LogP contribution >= 0.6 is 0 Å². The fourth-order valence-electron chi connectivity index (χ4n) is 3.62. The van der Waals surface area contributed by atoms with Crippen LogP contribution in [-0.4, -0.2) is 43.1 Å². The maximum Gasteiger partial charge on any atom is 0.257 e. The Bertz CT molecular complexity index is 532. The molecule has 3 N–H and O–H groups in total. The fraction of sp³-hybridized carbons (Fsp3) is 0.562. The standard InChI is InChI=1S/C16H23N3O2/c1-21-14-7-4-5-11(17)15(14)16(20)18-12-8-10-19-9-3-2-6-13(12)19/h4-5,7,12-13H,2-3,6,8-10,17H2,1H3,(H,18,20). The molecule has 5 nitrogen and oxygen atoms in total. The predicted molar refractivity (Wildman–Crippen MR) is 82.5 cm³/mol. The number of ether oxygens (including phenoxy) is 1. The number of hydrogen-bond acceptors (Lipinski definition) is 4. The second kappa shape index (κ2) is 5.93. The highest BCUT2D eigenvalue weighted by molar-refractivity contribution is 6.02.